The first kappa shape index (κ1) is 32.4. The third-order valence-electron chi connectivity index (χ3n) is 10.1. The number of carbonyl (C=O) groups excluding carboxylic acids is 1. The van der Waals surface area contributed by atoms with Crippen LogP contribution in [0.1, 0.15) is 52.0 Å². The number of fused-ring (bicyclic) bond motifs is 3. The molecule has 3 aliphatic rings. The number of pyridine rings is 1. The molecule has 3 aliphatic heterocycles. The molecule has 3 fully saturated rings. The summed E-state index contributed by atoms with van der Waals surface area (Å²) in [6.45, 7) is 9.39. The van der Waals surface area contributed by atoms with Gasteiger partial charge < -0.3 is 19.3 Å². The van der Waals surface area contributed by atoms with Crippen LogP contribution in [0.25, 0.3) is 32.9 Å². The lowest BCUT2D eigenvalue weighted by atomic mass is 9.95. The summed E-state index contributed by atoms with van der Waals surface area (Å²) in [5.41, 5.74) is -0.180. The van der Waals surface area contributed by atoms with E-state index >= 15 is 4.39 Å². The van der Waals surface area contributed by atoms with E-state index in [1.54, 1.807) is 36.2 Å². The zero-order chi connectivity index (χ0) is 34.0. The summed E-state index contributed by atoms with van der Waals surface area (Å²) in [6.07, 6.45) is 2.99. The lowest BCUT2D eigenvalue weighted by molar-refractivity contribution is 0.0292. The Morgan fingerprint density at radius 2 is 1.94 bits per heavy atom. The van der Waals surface area contributed by atoms with Crippen molar-refractivity contribution in [3.63, 3.8) is 0 Å². The van der Waals surface area contributed by atoms with Gasteiger partial charge in [-0.05, 0) is 75.9 Å². The number of likely N-dealkylation sites (N-methyl/N-ethyl adjacent to an activating group) is 1. The largest absolute Gasteiger partial charge is 0.461 e. The van der Waals surface area contributed by atoms with E-state index in [0.717, 1.165) is 24.8 Å². The average Bonchev–Trinajstić information content (AvgIpc) is 3.75. The second-order valence-electron chi connectivity index (χ2n) is 14.4. The first-order valence-corrected chi connectivity index (χ1v) is 16.6. The van der Waals surface area contributed by atoms with Gasteiger partial charge in [0, 0.05) is 50.9 Å². The van der Waals surface area contributed by atoms with Crippen molar-refractivity contribution in [2.75, 3.05) is 44.7 Å². The predicted octanol–water partition coefficient (Wildman–Crippen LogP) is 6.83. The highest BCUT2D eigenvalue weighted by atomic mass is 19.1. The van der Waals surface area contributed by atoms with E-state index in [2.05, 4.69) is 14.9 Å². The van der Waals surface area contributed by atoms with Crippen LogP contribution in [0.15, 0.2) is 36.5 Å². The number of hydrogen-bond donors (Lipinski definition) is 0. The van der Waals surface area contributed by atoms with Gasteiger partial charge in [-0.3, -0.25) is 9.88 Å². The maximum atomic E-state index is 16.8. The van der Waals surface area contributed by atoms with Crippen LogP contribution in [0.3, 0.4) is 0 Å². The molecule has 3 atom stereocenters. The summed E-state index contributed by atoms with van der Waals surface area (Å²) in [4.78, 5) is 32.5. The number of amides is 1. The Labute approximate surface area is 278 Å². The summed E-state index contributed by atoms with van der Waals surface area (Å²) in [7, 11) is 1.85. The van der Waals surface area contributed by atoms with Crippen molar-refractivity contribution in [2.24, 2.45) is 0 Å². The first-order chi connectivity index (χ1) is 22.8. The van der Waals surface area contributed by atoms with Crippen molar-refractivity contribution in [1.82, 2.24) is 24.8 Å². The van der Waals surface area contributed by atoms with Gasteiger partial charge in [-0.1, -0.05) is 24.3 Å². The number of nitrogens with zero attached hydrogens (tertiary/aromatic N) is 6. The number of benzene rings is 2. The zero-order valence-corrected chi connectivity index (χ0v) is 28.0. The predicted molar refractivity (Wildman–Crippen MR) is 178 cm³/mol. The standard InChI is InChI=1S/C36H41F3N6O3/c1-21-27(38)11-10-22-8-6-9-25(28(21)22)30-29(39)31-26(17-40-30)32(43(5)24-12-15-44(19-24)34(46)48-35(2,3)4)42-33(41-31)47-20-36-13-7-14-45(36)18-23(37)16-36/h6,8-11,17,23-24H,7,12-16,18-20H2,1-5H3/t23-,24-,36+/m1/s1. The fourth-order valence-corrected chi connectivity index (χ4v) is 7.65. The molecule has 0 bridgehead atoms. The van der Waals surface area contributed by atoms with E-state index in [-0.39, 0.29) is 29.9 Å². The van der Waals surface area contributed by atoms with Gasteiger partial charge in [0.05, 0.1) is 10.9 Å². The van der Waals surface area contributed by atoms with E-state index in [1.165, 1.54) is 6.07 Å². The van der Waals surface area contributed by atoms with Crippen LogP contribution in [0.5, 0.6) is 6.01 Å². The highest BCUT2D eigenvalue weighted by Crippen LogP contribution is 2.41. The molecular formula is C36H41F3N6O3. The molecule has 9 nitrogen and oxygen atoms in total. The number of aryl methyl sites for hydroxylation is 1. The number of aromatic nitrogens is 3. The Kier molecular flexibility index (Phi) is 8.12. The first-order valence-electron chi connectivity index (χ1n) is 16.6. The lowest BCUT2D eigenvalue weighted by Gasteiger charge is -2.31. The van der Waals surface area contributed by atoms with Crippen LogP contribution < -0.4 is 9.64 Å². The number of hydrogen-bond acceptors (Lipinski definition) is 8. The number of rotatable bonds is 6. The lowest BCUT2D eigenvalue weighted by Crippen LogP contribution is -2.43. The second kappa shape index (κ2) is 12.0. The van der Waals surface area contributed by atoms with E-state index in [4.69, 9.17) is 14.5 Å². The fraction of sp³-hybridized carbons (Fsp3) is 0.500. The van der Waals surface area contributed by atoms with E-state index in [0.29, 0.717) is 60.2 Å². The minimum Gasteiger partial charge on any atom is -0.461 e. The number of carbonyl (C=O) groups is 1. The molecule has 0 radical (unpaired) electrons. The van der Waals surface area contributed by atoms with E-state index < -0.39 is 35.0 Å². The summed E-state index contributed by atoms with van der Waals surface area (Å²) in [5.74, 6) is -0.671. The number of likely N-dealkylation sites (tertiary alicyclic amines) is 1. The molecule has 2 aromatic carbocycles. The number of halogens is 3. The highest BCUT2D eigenvalue weighted by Gasteiger charge is 2.49. The molecule has 0 spiro atoms. The molecule has 2 aromatic heterocycles. The van der Waals surface area contributed by atoms with Gasteiger partial charge in [0.25, 0.3) is 0 Å². The van der Waals surface area contributed by atoms with Gasteiger partial charge in [0.2, 0.25) is 0 Å². The minimum atomic E-state index is -0.927. The van der Waals surface area contributed by atoms with Crippen LogP contribution >= 0.6 is 0 Å². The van der Waals surface area contributed by atoms with Crippen molar-refractivity contribution in [3.05, 3.63) is 53.7 Å². The molecule has 0 unspecified atom stereocenters. The number of alkyl halides is 1. The van der Waals surface area contributed by atoms with Crippen LogP contribution in [0, 0.1) is 18.6 Å². The maximum Gasteiger partial charge on any atom is 0.410 e. The molecule has 48 heavy (non-hydrogen) atoms. The molecule has 254 valence electrons. The SMILES string of the molecule is Cc1c(F)ccc2cccc(-c3ncc4c(N(C)[C@@H]5CCN(C(=O)OC(C)(C)C)C5)nc(OC[C@@]56CCCN5C[C@H](F)C6)nc4c3F)c12. The maximum absolute atomic E-state index is 16.8. The molecule has 5 heterocycles. The van der Waals surface area contributed by atoms with Crippen LogP contribution in [-0.4, -0.2) is 94.0 Å². The van der Waals surface area contributed by atoms with Crippen molar-refractivity contribution in [2.45, 2.75) is 76.7 Å². The Bertz CT molecular complexity index is 1900. The third kappa shape index (κ3) is 5.77. The summed E-state index contributed by atoms with van der Waals surface area (Å²) >= 11 is 0. The van der Waals surface area contributed by atoms with Gasteiger partial charge in [-0.15, -0.1) is 0 Å². The summed E-state index contributed by atoms with van der Waals surface area (Å²) in [6, 6.07) is 8.26. The second-order valence-corrected chi connectivity index (χ2v) is 14.4. The number of anilines is 1. The zero-order valence-electron chi connectivity index (χ0n) is 28.0. The Hall–Kier alpha value is -4.19. The Morgan fingerprint density at radius 1 is 1.12 bits per heavy atom. The molecule has 0 saturated carbocycles. The van der Waals surface area contributed by atoms with Crippen LogP contribution in [-0.2, 0) is 4.74 Å². The minimum absolute atomic E-state index is 0.00970. The van der Waals surface area contributed by atoms with Crippen LogP contribution in [0.4, 0.5) is 23.8 Å². The molecule has 0 aliphatic carbocycles. The van der Waals surface area contributed by atoms with Crippen LogP contribution in [0.2, 0.25) is 0 Å². The van der Waals surface area contributed by atoms with Gasteiger partial charge in [0.15, 0.2) is 5.82 Å². The van der Waals surface area contributed by atoms with E-state index in [9.17, 15) is 13.6 Å². The number of ether oxygens (including phenoxy) is 2. The molecule has 0 N–H and O–H groups in total. The molecular weight excluding hydrogens is 621 g/mol. The molecule has 3 saturated heterocycles. The highest BCUT2D eigenvalue weighted by molar-refractivity contribution is 6.00. The molecule has 7 rings (SSSR count). The topological polar surface area (TPSA) is 83.9 Å². The average molecular weight is 663 g/mol. The quantitative estimate of drug-likeness (QED) is 0.222. The fourth-order valence-electron chi connectivity index (χ4n) is 7.65. The van der Waals surface area contributed by atoms with Crippen molar-refractivity contribution in [1.29, 1.82) is 0 Å². The Balaban J connectivity index is 1.29. The molecule has 4 aromatic rings. The van der Waals surface area contributed by atoms with Crippen molar-refractivity contribution < 1.29 is 27.4 Å². The van der Waals surface area contributed by atoms with Gasteiger partial charge in [0.1, 0.15) is 41.2 Å². The van der Waals surface area contributed by atoms with Gasteiger partial charge in [-0.25, -0.2) is 18.0 Å². The molecule has 12 heteroatoms. The monoisotopic (exact) mass is 662 g/mol. The summed E-state index contributed by atoms with van der Waals surface area (Å²) < 4.78 is 57.9. The Morgan fingerprint density at radius 3 is 2.73 bits per heavy atom. The van der Waals surface area contributed by atoms with Crippen molar-refractivity contribution >= 4 is 33.6 Å². The van der Waals surface area contributed by atoms with E-state index in [1.807, 2.05) is 38.8 Å². The molecule has 1 amide bonds. The van der Waals surface area contributed by atoms with Crippen molar-refractivity contribution in [3.8, 4) is 17.3 Å². The van der Waals surface area contributed by atoms with Gasteiger partial charge in [-0.2, -0.15) is 9.97 Å². The third-order valence-corrected chi connectivity index (χ3v) is 10.1. The van der Waals surface area contributed by atoms with Gasteiger partial charge >= 0.3 is 12.1 Å². The normalized spacial score (nSPS) is 22.9. The smallest absolute Gasteiger partial charge is 0.410 e. The summed E-state index contributed by atoms with van der Waals surface area (Å²) in [5, 5.41) is 1.70.